The number of benzene rings is 1. The zero-order valence-corrected chi connectivity index (χ0v) is 13.5. The molecule has 0 unspecified atom stereocenters. The van der Waals surface area contributed by atoms with Gasteiger partial charge in [0.15, 0.2) is 0 Å². The Morgan fingerprint density at radius 1 is 1.35 bits per heavy atom. The molecule has 122 valence electrons. The van der Waals surface area contributed by atoms with E-state index < -0.39 is 0 Å². The molecule has 23 heavy (non-hydrogen) atoms. The number of nitrogens with one attached hydrogen (secondary N) is 1. The minimum Gasteiger partial charge on any atom is -0.491 e. The molecule has 0 aliphatic heterocycles. The van der Waals surface area contributed by atoms with E-state index in [9.17, 15) is 4.79 Å². The number of hydrogen-bond acceptors (Lipinski definition) is 4. The average molecular weight is 314 g/mol. The second kappa shape index (κ2) is 8.73. The second-order valence-electron chi connectivity index (χ2n) is 5.37. The van der Waals surface area contributed by atoms with Crippen LogP contribution in [0, 0.1) is 0 Å². The van der Waals surface area contributed by atoms with Crippen LogP contribution in [0.2, 0.25) is 0 Å². The van der Waals surface area contributed by atoms with Gasteiger partial charge in [0.1, 0.15) is 18.4 Å². The van der Waals surface area contributed by atoms with E-state index in [-0.39, 0.29) is 12.0 Å². The van der Waals surface area contributed by atoms with Crippen molar-refractivity contribution in [3.8, 4) is 5.75 Å². The molecule has 1 aromatic heterocycles. The van der Waals surface area contributed by atoms with Gasteiger partial charge < -0.3 is 10.1 Å². The minimum atomic E-state index is -0.107. The lowest BCUT2D eigenvalue weighted by atomic mass is 10.1. The molecule has 0 aliphatic carbocycles. The maximum absolute atomic E-state index is 11.7. The first kappa shape index (κ1) is 16.7. The zero-order chi connectivity index (χ0) is 16.5. The lowest BCUT2D eigenvalue weighted by Crippen LogP contribution is -2.23. The molecule has 1 N–H and O–H groups in total. The van der Waals surface area contributed by atoms with E-state index >= 15 is 0 Å². The van der Waals surface area contributed by atoms with Gasteiger partial charge in [-0.15, -0.1) is 0 Å². The van der Waals surface area contributed by atoms with Crippen LogP contribution in [0.25, 0.3) is 0 Å². The zero-order valence-electron chi connectivity index (χ0n) is 13.5. The fourth-order valence-electron chi connectivity index (χ4n) is 1.99. The van der Waals surface area contributed by atoms with Crippen LogP contribution in [0.15, 0.2) is 49.1 Å². The minimum absolute atomic E-state index is 0.107. The number of hydrogen-bond donors (Lipinski definition) is 1. The summed E-state index contributed by atoms with van der Waals surface area (Å²) in [6, 6.07) is 7.94. The molecule has 0 radical (unpaired) electrons. The smallest absolute Gasteiger partial charge is 0.243 e. The molecule has 1 heterocycles. The first-order valence-electron chi connectivity index (χ1n) is 7.66. The molecule has 0 bridgehead atoms. The Hall–Kier alpha value is -2.63. The third-order valence-corrected chi connectivity index (χ3v) is 3.04. The molecule has 0 fully saturated rings. The van der Waals surface area contributed by atoms with Gasteiger partial charge in [0.2, 0.25) is 5.91 Å². The van der Waals surface area contributed by atoms with Crippen LogP contribution in [0.3, 0.4) is 0 Å². The van der Waals surface area contributed by atoms with E-state index in [0.717, 1.165) is 17.7 Å². The second-order valence-corrected chi connectivity index (χ2v) is 5.37. The first-order chi connectivity index (χ1) is 11.1. The van der Waals surface area contributed by atoms with Crippen LogP contribution in [0.1, 0.15) is 19.4 Å². The molecule has 0 atom stereocenters. The van der Waals surface area contributed by atoms with Crippen LogP contribution in [-0.4, -0.2) is 33.3 Å². The van der Waals surface area contributed by atoms with Gasteiger partial charge in [-0.2, -0.15) is 5.10 Å². The number of carbonyl (C=O) groups is 1. The van der Waals surface area contributed by atoms with Gasteiger partial charge in [-0.1, -0.05) is 18.2 Å². The lowest BCUT2D eigenvalue weighted by molar-refractivity contribution is -0.116. The first-order valence-corrected chi connectivity index (χ1v) is 7.66. The maximum atomic E-state index is 11.7. The van der Waals surface area contributed by atoms with Crippen LogP contribution in [-0.2, 0) is 17.8 Å². The third-order valence-electron chi connectivity index (χ3n) is 3.04. The van der Waals surface area contributed by atoms with E-state index in [0.29, 0.717) is 13.1 Å². The Morgan fingerprint density at radius 2 is 2.13 bits per heavy atom. The molecule has 0 spiro atoms. The van der Waals surface area contributed by atoms with Crippen molar-refractivity contribution in [2.45, 2.75) is 32.9 Å². The Balaban J connectivity index is 1.67. The van der Waals surface area contributed by atoms with E-state index in [1.54, 1.807) is 17.1 Å². The summed E-state index contributed by atoms with van der Waals surface area (Å²) in [7, 11) is 0. The average Bonchev–Trinajstić information content (AvgIpc) is 3.02. The summed E-state index contributed by atoms with van der Waals surface area (Å²) in [6.45, 7) is 5.13. The van der Waals surface area contributed by atoms with Gasteiger partial charge in [0, 0.05) is 12.6 Å². The Labute approximate surface area is 136 Å². The maximum Gasteiger partial charge on any atom is 0.243 e. The predicted octanol–water partition coefficient (Wildman–Crippen LogP) is 1.98. The van der Waals surface area contributed by atoms with Gasteiger partial charge in [-0.3, -0.25) is 4.79 Å². The van der Waals surface area contributed by atoms with E-state index in [1.807, 2.05) is 38.1 Å². The number of carbonyl (C=O) groups excluding carboxylic acids is 1. The number of rotatable bonds is 8. The highest BCUT2D eigenvalue weighted by atomic mass is 16.5. The Bertz CT molecular complexity index is 619. The SMILES string of the molecule is CC(C)Oc1ccc(CCNC(=O)/C=C/Cn2cncn2)cc1. The predicted molar refractivity (Wildman–Crippen MR) is 88.1 cm³/mol. The van der Waals surface area contributed by atoms with E-state index in [4.69, 9.17) is 4.74 Å². The molecular weight excluding hydrogens is 292 g/mol. The van der Waals surface area contributed by atoms with Crippen molar-refractivity contribution in [2.24, 2.45) is 0 Å². The largest absolute Gasteiger partial charge is 0.491 e. The molecular formula is C17H22N4O2. The molecule has 6 heteroatoms. The van der Waals surface area contributed by atoms with Gasteiger partial charge in [-0.05, 0) is 38.0 Å². The summed E-state index contributed by atoms with van der Waals surface area (Å²) in [5, 5.41) is 6.81. The molecule has 2 rings (SSSR count). The molecule has 0 aliphatic rings. The number of ether oxygens (including phenoxy) is 1. The van der Waals surface area contributed by atoms with Gasteiger partial charge >= 0.3 is 0 Å². The fraction of sp³-hybridized carbons (Fsp3) is 0.353. The summed E-state index contributed by atoms with van der Waals surface area (Å²) in [4.78, 5) is 15.5. The van der Waals surface area contributed by atoms with Crippen molar-refractivity contribution in [3.05, 3.63) is 54.6 Å². The summed E-state index contributed by atoms with van der Waals surface area (Å²) >= 11 is 0. The topological polar surface area (TPSA) is 69.0 Å². The lowest BCUT2D eigenvalue weighted by Gasteiger charge is -2.10. The highest BCUT2D eigenvalue weighted by molar-refractivity contribution is 5.87. The standard InChI is InChI=1S/C17H22N4O2/c1-14(2)23-16-7-5-15(6-8-16)9-10-19-17(22)4-3-11-21-13-18-12-20-21/h3-8,12-14H,9-11H2,1-2H3,(H,19,22)/b4-3+. The molecule has 6 nitrogen and oxygen atoms in total. The third kappa shape index (κ3) is 6.34. The normalized spacial score (nSPS) is 11.1. The highest BCUT2D eigenvalue weighted by Crippen LogP contribution is 2.13. The van der Waals surface area contributed by atoms with Crippen LogP contribution in [0.4, 0.5) is 0 Å². The van der Waals surface area contributed by atoms with Crippen molar-refractivity contribution in [3.63, 3.8) is 0 Å². The Morgan fingerprint density at radius 3 is 2.78 bits per heavy atom. The number of aromatic nitrogens is 3. The summed E-state index contributed by atoms with van der Waals surface area (Å²) in [6.07, 6.45) is 7.29. The number of allylic oxidation sites excluding steroid dienone is 1. The fourth-order valence-corrected chi connectivity index (χ4v) is 1.99. The van der Waals surface area contributed by atoms with Crippen LogP contribution >= 0.6 is 0 Å². The number of nitrogens with zero attached hydrogens (tertiary/aromatic N) is 3. The summed E-state index contributed by atoms with van der Waals surface area (Å²) < 4.78 is 7.24. The van der Waals surface area contributed by atoms with Gasteiger partial charge in [-0.25, -0.2) is 9.67 Å². The highest BCUT2D eigenvalue weighted by Gasteiger charge is 1.99. The number of amides is 1. The summed E-state index contributed by atoms with van der Waals surface area (Å²) in [5.74, 6) is 0.758. The van der Waals surface area contributed by atoms with Crippen molar-refractivity contribution in [2.75, 3.05) is 6.54 Å². The molecule has 2 aromatic rings. The summed E-state index contributed by atoms with van der Waals surface area (Å²) in [5.41, 5.74) is 1.16. The molecule has 0 saturated carbocycles. The van der Waals surface area contributed by atoms with Gasteiger partial charge in [0.05, 0.1) is 12.6 Å². The quantitative estimate of drug-likeness (QED) is 0.757. The van der Waals surface area contributed by atoms with Crippen molar-refractivity contribution in [1.82, 2.24) is 20.1 Å². The molecule has 1 amide bonds. The Kier molecular flexibility index (Phi) is 6.35. The van der Waals surface area contributed by atoms with E-state index in [2.05, 4.69) is 15.4 Å². The van der Waals surface area contributed by atoms with Crippen molar-refractivity contribution >= 4 is 5.91 Å². The van der Waals surface area contributed by atoms with Crippen molar-refractivity contribution < 1.29 is 9.53 Å². The van der Waals surface area contributed by atoms with Crippen molar-refractivity contribution in [1.29, 1.82) is 0 Å². The van der Waals surface area contributed by atoms with Crippen LogP contribution in [0.5, 0.6) is 5.75 Å². The van der Waals surface area contributed by atoms with E-state index in [1.165, 1.54) is 12.4 Å². The monoisotopic (exact) mass is 314 g/mol. The van der Waals surface area contributed by atoms with Crippen LogP contribution < -0.4 is 10.1 Å². The van der Waals surface area contributed by atoms with Gasteiger partial charge in [0.25, 0.3) is 0 Å². The molecule has 1 aromatic carbocycles. The molecule has 0 saturated heterocycles.